The number of carbonyl (C=O) groups is 5. The van der Waals surface area contributed by atoms with Crippen LogP contribution in [0.15, 0.2) is 102 Å². The third-order valence-electron chi connectivity index (χ3n) is 12.7. The van der Waals surface area contributed by atoms with Crippen LogP contribution in [0.25, 0.3) is 0 Å². The normalized spacial score (nSPS) is 29.5. The number of aliphatic hydroxyl groups excluding tert-OH is 1. The van der Waals surface area contributed by atoms with Crippen molar-refractivity contribution in [3.05, 3.63) is 131 Å². The Labute approximate surface area is 347 Å². The average molecular weight is 828 g/mol. The predicted octanol–water partition coefficient (Wildman–Crippen LogP) is 5.64. The van der Waals surface area contributed by atoms with E-state index in [1.807, 2.05) is 0 Å². The summed E-state index contributed by atoms with van der Waals surface area (Å²) in [5.41, 5.74) is -3.43. The van der Waals surface area contributed by atoms with Gasteiger partial charge in [-0.1, -0.05) is 92.2 Å². The van der Waals surface area contributed by atoms with Gasteiger partial charge in [0.05, 0.1) is 36.2 Å². The Balaban J connectivity index is 1.31. The summed E-state index contributed by atoms with van der Waals surface area (Å²) in [5, 5.41) is 27.9. The molecule has 7 rings (SSSR count). The molecule has 9 atom stereocenters. The first kappa shape index (κ1) is 42.1. The van der Waals surface area contributed by atoms with Gasteiger partial charge in [-0.25, -0.2) is 14.4 Å². The molecule has 3 N–H and O–H groups in total. The second-order valence-corrected chi connectivity index (χ2v) is 16.4. The first-order chi connectivity index (χ1) is 28.1. The van der Waals surface area contributed by atoms with E-state index in [4.69, 9.17) is 35.3 Å². The van der Waals surface area contributed by atoms with Gasteiger partial charge in [-0.2, -0.15) is 0 Å². The molecule has 0 spiro atoms. The largest absolute Gasteiger partial charge is 0.510 e. The molecular formula is C45H46ClNO12. The lowest BCUT2D eigenvalue weighted by Gasteiger charge is -2.63. The number of ether oxygens (including phenoxy) is 5. The summed E-state index contributed by atoms with van der Waals surface area (Å²) < 4.78 is 28.8. The lowest BCUT2D eigenvalue weighted by atomic mass is 9.46. The molecule has 3 aliphatic carbocycles. The van der Waals surface area contributed by atoms with Crippen LogP contribution >= 0.6 is 11.6 Å². The van der Waals surface area contributed by atoms with E-state index in [1.54, 1.807) is 119 Å². The highest BCUT2D eigenvalue weighted by atomic mass is 35.5. The molecule has 1 heterocycles. The van der Waals surface area contributed by atoms with Gasteiger partial charge in [0.1, 0.15) is 29.6 Å². The van der Waals surface area contributed by atoms with E-state index >= 15 is 0 Å². The molecule has 1 aliphatic heterocycles. The summed E-state index contributed by atoms with van der Waals surface area (Å²) in [7, 11) is 0. The zero-order chi connectivity index (χ0) is 42.3. The third-order valence-corrected chi connectivity index (χ3v) is 12.8. The van der Waals surface area contributed by atoms with E-state index in [0.29, 0.717) is 22.6 Å². The molecule has 0 aromatic heterocycles. The molecular weight excluding hydrogens is 782 g/mol. The minimum Gasteiger partial charge on any atom is -0.455 e. The SMILES string of the molecule is CC1=C2[CH]C(=O)[C@]3(C)[C@@H](O)C[C@H]4OC[C]4[C@H]3[C@H](OC(=O)c3ccccc3)[C@](O)(C[C@@H]1OC(=O)[C@H](OC(=O)OCCl)[C@@H](NC(=O)c1ccccc1)c1ccccc1)C2(C)C. The van der Waals surface area contributed by atoms with Crippen molar-refractivity contribution in [1.29, 1.82) is 0 Å². The highest BCUT2D eigenvalue weighted by Gasteiger charge is 2.71. The number of carbonyl (C=O) groups excluding carboxylic acids is 5. The van der Waals surface area contributed by atoms with Crippen molar-refractivity contribution in [2.75, 3.05) is 12.7 Å². The number of Topliss-reactive ketones (excluding diaryl/α,β-unsaturated/α-hetero) is 1. The van der Waals surface area contributed by atoms with Gasteiger partial charge in [-0.3, -0.25) is 9.59 Å². The maximum absolute atomic E-state index is 14.7. The number of alkyl halides is 1. The van der Waals surface area contributed by atoms with Crippen LogP contribution in [0.1, 0.15) is 72.9 Å². The maximum Gasteiger partial charge on any atom is 0.510 e. The number of ketones is 1. The topological polar surface area (TPSA) is 184 Å². The van der Waals surface area contributed by atoms with Crippen molar-refractivity contribution in [3.63, 3.8) is 0 Å². The zero-order valence-corrected chi connectivity index (χ0v) is 33.7. The van der Waals surface area contributed by atoms with Gasteiger partial charge >= 0.3 is 18.1 Å². The molecule has 13 nitrogen and oxygen atoms in total. The molecule has 2 saturated carbocycles. The molecule has 59 heavy (non-hydrogen) atoms. The Kier molecular flexibility index (Phi) is 11.8. The summed E-state index contributed by atoms with van der Waals surface area (Å²) in [5.74, 6) is -3.27. The minimum absolute atomic E-state index is 0.119. The summed E-state index contributed by atoms with van der Waals surface area (Å²) in [4.78, 5) is 69.8. The van der Waals surface area contributed by atoms with Gasteiger partial charge in [0, 0.05) is 35.7 Å². The minimum atomic E-state index is -2.07. The number of benzene rings is 3. The third kappa shape index (κ3) is 7.54. The molecule has 3 aromatic carbocycles. The number of amides is 1. The highest BCUT2D eigenvalue weighted by molar-refractivity contribution is 6.17. The van der Waals surface area contributed by atoms with Gasteiger partial charge in [-0.15, -0.1) is 0 Å². The summed E-state index contributed by atoms with van der Waals surface area (Å²) >= 11 is 5.68. The van der Waals surface area contributed by atoms with Crippen LogP contribution in [0.4, 0.5) is 4.79 Å². The molecule has 1 saturated heterocycles. The number of esters is 2. The maximum atomic E-state index is 14.7. The van der Waals surface area contributed by atoms with Gasteiger partial charge in [0.25, 0.3) is 5.91 Å². The number of fused-ring (bicyclic) bond motifs is 5. The lowest BCUT2D eigenvalue weighted by Crippen LogP contribution is -2.72. The van der Waals surface area contributed by atoms with Crippen molar-refractivity contribution in [1.82, 2.24) is 5.32 Å². The molecule has 14 heteroatoms. The molecule has 2 bridgehead atoms. The fraction of sp³-hybridized carbons (Fsp3) is 0.400. The van der Waals surface area contributed by atoms with Crippen LogP contribution in [0.5, 0.6) is 0 Å². The average Bonchev–Trinajstić information content (AvgIpc) is 3.22. The monoisotopic (exact) mass is 827 g/mol. The van der Waals surface area contributed by atoms with E-state index in [-0.39, 0.29) is 30.6 Å². The first-order valence-electron chi connectivity index (χ1n) is 19.4. The molecule has 0 unspecified atom stereocenters. The van der Waals surface area contributed by atoms with Crippen LogP contribution in [0.2, 0.25) is 0 Å². The van der Waals surface area contributed by atoms with E-state index in [9.17, 15) is 34.2 Å². The predicted molar refractivity (Wildman–Crippen MR) is 211 cm³/mol. The second kappa shape index (κ2) is 16.5. The Morgan fingerprint density at radius 2 is 1.53 bits per heavy atom. The van der Waals surface area contributed by atoms with Crippen molar-refractivity contribution >= 4 is 41.4 Å². The quantitative estimate of drug-likeness (QED) is 0.130. The zero-order valence-electron chi connectivity index (χ0n) is 33.0. The van der Waals surface area contributed by atoms with Gasteiger partial charge in [0.2, 0.25) is 6.10 Å². The van der Waals surface area contributed by atoms with Gasteiger partial charge in [-0.05, 0) is 54.8 Å². The number of rotatable bonds is 10. The fourth-order valence-electron chi connectivity index (χ4n) is 9.10. The Hall–Kier alpha value is -5.08. The standard InChI is InChI=1S/C45H46ClNO12/c1-25-30-20-33(48)44(4)34(49)21-31-29(23-55-31)35(44)38(59-40(51)28-18-12-7-13-19-28)45(54,43(30,2)3)22-32(25)57-41(52)37(58-42(53)56-24-46)36(26-14-8-5-9-15-26)47-39(50)27-16-10-6-11-17-27/h5-20,31-32,34-38,49,54H,21-24H2,1-4H3,(H,47,50)/t31-,32+,34+,35+,36+,37-,38+,44-,45-/m1/s1. The number of nitrogens with one attached hydrogen (secondary N) is 1. The smallest absolute Gasteiger partial charge is 0.455 e. The van der Waals surface area contributed by atoms with Crippen LogP contribution < -0.4 is 5.32 Å². The summed E-state index contributed by atoms with van der Waals surface area (Å²) in [6.45, 7) is 6.82. The molecule has 1 amide bonds. The second-order valence-electron chi connectivity index (χ2n) is 16.1. The van der Waals surface area contributed by atoms with Crippen molar-refractivity contribution in [2.45, 2.75) is 82.7 Å². The summed E-state index contributed by atoms with van der Waals surface area (Å²) in [6.07, 6.45) is -6.57. The van der Waals surface area contributed by atoms with Gasteiger partial charge < -0.3 is 39.2 Å². The Bertz CT molecular complexity index is 2110. The van der Waals surface area contributed by atoms with E-state index in [0.717, 1.165) is 0 Å². The molecule has 3 aromatic rings. The van der Waals surface area contributed by atoms with E-state index in [1.165, 1.54) is 6.42 Å². The molecule has 4 aliphatic rings. The first-order valence-corrected chi connectivity index (χ1v) is 19.9. The highest BCUT2D eigenvalue weighted by Crippen LogP contribution is 2.62. The van der Waals surface area contributed by atoms with Crippen LogP contribution in [0, 0.1) is 29.1 Å². The lowest BCUT2D eigenvalue weighted by molar-refractivity contribution is -0.231. The van der Waals surface area contributed by atoms with E-state index in [2.05, 4.69) is 5.32 Å². The Morgan fingerprint density at radius 3 is 2.12 bits per heavy atom. The Morgan fingerprint density at radius 1 is 0.915 bits per heavy atom. The fourth-order valence-corrected chi connectivity index (χ4v) is 9.18. The molecule has 310 valence electrons. The molecule has 3 fully saturated rings. The van der Waals surface area contributed by atoms with Crippen LogP contribution in [-0.4, -0.2) is 88.8 Å². The summed E-state index contributed by atoms with van der Waals surface area (Å²) in [6, 6.07) is 22.8. The number of halogens is 1. The number of hydrogen-bond donors (Lipinski definition) is 3. The van der Waals surface area contributed by atoms with Crippen molar-refractivity contribution < 1.29 is 57.9 Å². The molecule has 2 radical (unpaired) electrons. The van der Waals surface area contributed by atoms with Crippen LogP contribution in [-0.2, 0) is 33.3 Å². The van der Waals surface area contributed by atoms with Gasteiger partial charge in [0.15, 0.2) is 6.07 Å². The van der Waals surface area contributed by atoms with E-state index < -0.39 is 94.8 Å². The number of aliphatic hydroxyl groups is 2. The van der Waals surface area contributed by atoms with Crippen molar-refractivity contribution in [3.8, 4) is 0 Å². The van der Waals surface area contributed by atoms with Crippen molar-refractivity contribution in [2.24, 2.45) is 16.7 Å². The van der Waals surface area contributed by atoms with Crippen LogP contribution in [0.3, 0.4) is 0 Å². The number of hydrogen-bond acceptors (Lipinski definition) is 12.